The zero-order chi connectivity index (χ0) is 8.97. The van der Waals surface area contributed by atoms with Gasteiger partial charge in [-0.15, -0.1) is 0 Å². The van der Waals surface area contributed by atoms with Crippen molar-refractivity contribution in [2.45, 2.75) is 38.7 Å². The Hall–Kier alpha value is -0.570. The molecule has 0 aliphatic carbocycles. The third-order valence-electron chi connectivity index (χ3n) is 2.21. The van der Waals surface area contributed by atoms with Gasteiger partial charge >= 0.3 is 5.97 Å². The van der Waals surface area contributed by atoms with Gasteiger partial charge in [0.25, 0.3) is 0 Å². The zero-order valence-electron chi connectivity index (χ0n) is 7.45. The molecule has 1 heterocycles. The van der Waals surface area contributed by atoms with Crippen LogP contribution in [0.2, 0.25) is 0 Å². The van der Waals surface area contributed by atoms with Gasteiger partial charge in [0.05, 0.1) is 18.6 Å². The van der Waals surface area contributed by atoms with E-state index in [0.717, 1.165) is 25.9 Å². The van der Waals surface area contributed by atoms with Crippen molar-refractivity contribution in [1.82, 2.24) is 0 Å². The van der Waals surface area contributed by atoms with Gasteiger partial charge in [-0.25, -0.2) is 0 Å². The standard InChI is InChI=1S/C9H16O3/c1-2-3-4-7(9(10)11)5-8-6-12-8/h7-8H,2-6H2,1H3,(H,10,11). The van der Waals surface area contributed by atoms with Gasteiger partial charge < -0.3 is 9.84 Å². The Morgan fingerprint density at radius 1 is 1.75 bits per heavy atom. The average molecular weight is 172 g/mol. The van der Waals surface area contributed by atoms with E-state index in [4.69, 9.17) is 9.84 Å². The summed E-state index contributed by atoms with van der Waals surface area (Å²) in [7, 11) is 0. The number of aliphatic carboxylic acids is 1. The molecule has 0 aromatic heterocycles. The summed E-state index contributed by atoms with van der Waals surface area (Å²) in [5.41, 5.74) is 0. The molecule has 1 fully saturated rings. The molecule has 3 heteroatoms. The number of carboxylic acids is 1. The van der Waals surface area contributed by atoms with E-state index in [9.17, 15) is 4.79 Å². The van der Waals surface area contributed by atoms with Crippen LogP contribution in [0.25, 0.3) is 0 Å². The predicted molar refractivity (Wildman–Crippen MR) is 45.0 cm³/mol. The monoisotopic (exact) mass is 172 g/mol. The molecule has 0 amide bonds. The van der Waals surface area contributed by atoms with Crippen LogP contribution in [0.3, 0.4) is 0 Å². The van der Waals surface area contributed by atoms with Crippen LogP contribution in [0.5, 0.6) is 0 Å². The minimum absolute atomic E-state index is 0.183. The fourth-order valence-electron chi connectivity index (χ4n) is 1.31. The summed E-state index contributed by atoms with van der Waals surface area (Å²) in [6, 6.07) is 0. The van der Waals surface area contributed by atoms with E-state index in [2.05, 4.69) is 6.92 Å². The molecule has 1 aliphatic heterocycles. The first-order chi connectivity index (χ1) is 5.74. The Labute approximate surface area is 72.7 Å². The Balaban J connectivity index is 2.21. The van der Waals surface area contributed by atoms with Gasteiger partial charge in [-0.1, -0.05) is 19.8 Å². The molecule has 2 atom stereocenters. The van der Waals surface area contributed by atoms with E-state index in [1.165, 1.54) is 0 Å². The molecule has 1 rings (SSSR count). The Morgan fingerprint density at radius 2 is 2.42 bits per heavy atom. The van der Waals surface area contributed by atoms with Gasteiger partial charge in [-0.2, -0.15) is 0 Å². The molecule has 2 unspecified atom stereocenters. The number of hydrogen-bond donors (Lipinski definition) is 1. The maximum atomic E-state index is 10.7. The van der Waals surface area contributed by atoms with E-state index in [0.29, 0.717) is 6.42 Å². The highest BCUT2D eigenvalue weighted by Crippen LogP contribution is 2.23. The third-order valence-corrected chi connectivity index (χ3v) is 2.21. The van der Waals surface area contributed by atoms with Gasteiger partial charge in [0, 0.05) is 0 Å². The SMILES string of the molecule is CCCCC(CC1CO1)C(=O)O. The van der Waals surface area contributed by atoms with Gasteiger partial charge in [0.1, 0.15) is 0 Å². The molecule has 1 aliphatic rings. The number of carboxylic acid groups (broad SMARTS) is 1. The highest BCUT2D eigenvalue weighted by molar-refractivity contribution is 5.69. The summed E-state index contributed by atoms with van der Waals surface area (Å²) in [6.45, 7) is 2.84. The van der Waals surface area contributed by atoms with Crippen LogP contribution in [0.15, 0.2) is 0 Å². The Kier molecular flexibility index (Phi) is 3.53. The van der Waals surface area contributed by atoms with Crippen LogP contribution < -0.4 is 0 Å². The maximum Gasteiger partial charge on any atom is 0.306 e. The summed E-state index contributed by atoms with van der Waals surface area (Å²) in [5.74, 6) is -0.851. The quantitative estimate of drug-likeness (QED) is 0.620. The number of unbranched alkanes of at least 4 members (excludes halogenated alkanes) is 1. The highest BCUT2D eigenvalue weighted by Gasteiger charge is 2.29. The first kappa shape index (κ1) is 9.52. The second-order valence-corrected chi connectivity index (χ2v) is 3.37. The van der Waals surface area contributed by atoms with E-state index >= 15 is 0 Å². The van der Waals surface area contributed by atoms with Gasteiger partial charge in [-0.05, 0) is 12.8 Å². The first-order valence-electron chi connectivity index (χ1n) is 4.58. The number of carbonyl (C=O) groups is 1. The number of epoxide rings is 1. The summed E-state index contributed by atoms with van der Waals surface area (Å²) >= 11 is 0. The molecule has 0 saturated carbocycles. The molecule has 0 bridgehead atoms. The lowest BCUT2D eigenvalue weighted by Gasteiger charge is -2.08. The highest BCUT2D eigenvalue weighted by atomic mass is 16.6. The minimum Gasteiger partial charge on any atom is -0.481 e. The number of rotatable bonds is 6. The van der Waals surface area contributed by atoms with Crippen LogP contribution in [0.1, 0.15) is 32.6 Å². The molecule has 0 radical (unpaired) electrons. The zero-order valence-corrected chi connectivity index (χ0v) is 7.45. The van der Waals surface area contributed by atoms with Crippen molar-refractivity contribution in [3.8, 4) is 0 Å². The topological polar surface area (TPSA) is 49.8 Å². The normalized spacial score (nSPS) is 23.6. The summed E-state index contributed by atoms with van der Waals surface area (Å²) in [4.78, 5) is 10.7. The van der Waals surface area contributed by atoms with E-state index in [1.807, 2.05) is 0 Å². The number of hydrogen-bond acceptors (Lipinski definition) is 2. The van der Waals surface area contributed by atoms with Crippen LogP contribution in [0, 0.1) is 5.92 Å². The summed E-state index contributed by atoms with van der Waals surface area (Å²) in [5, 5.41) is 8.82. The fraction of sp³-hybridized carbons (Fsp3) is 0.889. The van der Waals surface area contributed by atoms with Crippen molar-refractivity contribution in [3.63, 3.8) is 0 Å². The largest absolute Gasteiger partial charge is 0.481 e. The van der Waals surface area contributed by atoms with Gasteiger partial charge in [-0.3, -0.25) is 4.79 Å². The van der Waals surface area contributed by atoms with E-state index < -0.39 is 5.97 Å². The second kappa shape index (κ2) is 4.45. The van der Waals surface area contributed by atoms with Crippen LogP contribution in [-0.2, 0) is 9.53 Å². The molecule has 70 valence electrons. The van der Waals surface area contributed by atoms with Crippen molar-refractivity contribution >= 4 is 5.97 Å². The van der Waals surface area contributed by atoms with Crippen LogP contribution in [0.4, 0.5) is 0 Å². The van der Waals surface area contributed by atoms with Crippen molar-refractivity contribution < 1.29 is 14.6 Å². The first-order valence-corrected chi connectivity index (χ1v) is 4.58. The molecule has 3 nitrogen and oxygen atoms in total. The predicted octanol–water partition coefficient (Wildman–Crippen LogP) is 1.67. The molecule has 0 aromatic carbocycles. The molecular formula is C9H16O3. The van der Waals surface area contributed by atoms with Crippen molar-refractivity contribution in [2.24, 2.45) is 5.92 Å². The number of ether oxygens (including phenoxy) is 1. The van der Waals surface area contributed by atoms with Crippen molar-refractivity contribution in [1.29, 1.82) is 0 Å². The van der Waals surface area contributed by atoms with Crippen LogP contribution >= 0.6 is 0 Å². The lowest BCUT2D eigenvalue weighted by molar-refractivity contribution is -0.142. The van der Waals surface area contributed by atoms with Crippen LogP contribution in [-0.4, -0.2) is 23.8 Å². The lowest BCUT2D eigenvalue weighted by atomic mass is 9.97. The molecule has 1 N–H and O–H groups in total. The average Bonchev–Trinajstić information content (AvgIpc) is 2.80. The maximum absolute atomic E-state index is 10.7. The van der Waals surface area contributed by atoms with E-state index in [-0.39, 0.29) is 12.0 Å². The molecular weight excluding hydrogens is 156 g/mol. The molecule has 0 aromatic rings. The second-order valence-electron chi connectivity index (χ2n) is 3.37. The van der Waals surface area contributed by atoms with Gasteiger partial charge in [0.2, 0.25) is 0 Å². The summed E-state index contributed by atoms with van der Waals surface area (Å²) < 4.78 is 5.01. The summed E-state index contributed by atoms with van der Waals surface area (Å²) in [6.07, 6.45) is 3.81. The van der Waals surface area contributed by atoms with E-state index in [1.54, 1.807) is 0 Å². The smallest absolute Gasteiger partial charge is 0.306 e. The van der Waals surface area contributed by atoms with Gasteiger partial charge in [0.15, 0.2) is 0 Å². The Morgan fingerprint density at radius 3 is 2.83 bits per heavy atom. The minimum atomic E-state index is -0.668. The molecule has 0 spiro atoms. The van der Waals surface area contributed by atoms with Crippen molar-refractivity contribution in [3.05, 3.63) is 0 Å². The third kappa shape index (κ3) is 3.22. The lowest BCUT2D eigenvalue weighted by Crippen LogP contribution is -2.15. The Bertz CT molecular complexity index is 152. The molecule has 12 heavy (non-hydrogen) atoms. The fourth-order valence-corrected chi connectivity index (χ4v) is 1.31. The molecule has 1 saturated heterocycles. The van der Waals surface area contributed by atoms with Crippen molar-refractivity contribution in [2.75, 3.05) is 6.61 Å².